The smallest absolute Gasteiger partial charge is 0.323 e. The van der Waals surface area contributed by atoms with Gasteiger partial charge >= 0.3 is 5.97 Å². The third-order valence-electron chi connectivity index (χ3n) is 4.04. The summed E-state index contributed by atoms with van der Waals surface area (Å²) >= 11 is 1.49. The van der Waals surface area contributed by atoms with Gasteiger partial charge in [-0.05, 0) is 45.0 Å². The first-order valence-corrected chi connectivity index (χ1v) is 10.5. The van der Waals surface area contributed by atoms with Crippen molar-refractivity contribution >= 4 is 27.8 Å². The fourth-order valence-electron chi connectivity index (χ4n) is 3.02. The Morgan fingerprint density at radius 1 is 1.38 bits per heavy atom. The van der Waals surface area contributed by atoms with Gasteiger partial charge in [0.2, 0.25) is 10.0 Å². The molecule has 1 heterocycles. The van der Waals surface area contributed by atoms with E-state index >= 15 is 0 Å². The van der Waals surface area contributed by atoms with Crippen LogP contribution in [0.3, 0.4) is 0 Å². The lowest BCUT2D eigenvalue weighted by Gasteiger charge is -2.45. The van der Waals surface area contributed by atoms with E-state index in [4.69, 9.17) is 4.74 Å². The number of nitrogens with zero attached hydrogens (tertiary/aromatic N) is 1. The van der Waals surface area contributed by atoms with Crippen LogP contribution in [0.15, 0.2) is 29.2 Å². The van der Waals surface area contributed by atoms with Crippen molar-refractivity contribution in [3.05, 3.63) is 24.3 Å². The first-order valence-electron chi connectivity index (χ1n) is 8.14. The first kappa shape index (κ1) is 20.6. The topological polar surface area (TPSA) is 83.9 Å². The van der Waals surface area contributed by atoms with E-state index in [0.717, 1.165) is 4.31 Å². The molecule has 0 radical (unpaired) electrons. The Bertz CT molecular complexity index is 821. The number of aliphatic carboxylic acids is 1. The van der Waals surface area contributed by atoms with Crippen LogP contribution < -0.4 is 4.74 Å². The predicted octanol–water partition coefficient (Wildman–Crippen LogP) is 2.45. The number of thioether (sulfide) groups is 1. The molecular formula is C18H23NO5S2. The van der Waals surface area contributed by atoms with Crippen molar-refractivity contribution in [1.29, 1.82) is 0 Å². The highest BCUT2D eigenvalue weighted by atomic mass is 32.2. The zero-order valence-electron chi connectivity index (χ0n) is 15.2. The molecule has 1 fully saturated rings. The molecule has 2 rings (SSSR count). The molecule has 6 nitrogen and oxygen atoms in total. The number of hydrogen-bond donors (Lipinski definition) is 1. The monoisotopic (exact) mass is 397 g/mol. The molecule has 1 aromatic rings. The molecule has 1 aliphatic rings. The van der Waals surface area contributed by atoms with Crippen LogP contribution >= 0.6 is 11.8 Å². The second kappa shape index (κ2) is 7.91. The highest BCUT2D eigenvalue weighted by Crippen LogP contribution is 2.41. The Labute approximate surface area is 159 Å². The highest BCUT2D eigenvalue weighted by molar-refractivity contribution is 8.01. The summed E-state index contributed by atoms with van der Waals surface area (Å²) in [6.07, 6.45) is 0. The van der Waals surface area contributed by atoms with E-state index in [1.54, 1.807) is 32.9 Å². The number of carboxylic acid groups (broad SMARTS) is 1. The van der Waals surface area contributed by atoms with Gasteiger partial charge in [0.25, 0.3) is 0 Å². The largest absolute Gasteiger partial charge is 0.481 e. The van der Waals surface area contributed by atoms with Crippen LogP contribution in [0.25, 0.3) is 0 Å². The molecule has 0 spiro atoms. The van der Waals surface area contributed by atoms with Gasteiger partial charge in [-0.15, -0.1) is 17.7 Å². The summed E-state index contributed by atoms with van der Waals surface area (Å²) in [5, 5.41) is 9.64. The van der Waals surface area contributed by atoms with Gasteiger partial charge in [0.05, 0.1) is 4.90 Å². The molecule has 8 heteroatoms. The van der Waals surface area contributed by atoms with Crippen molar-refractivity contribution in [3.8, 4) is 17.6 Å². The first-order chi connectivity index (χ1) is 12.1. The van der Waals surface area contributed by atoms with Crippen LogP contribution in [0, 0.1) is 11.8 Å². The average Bonchev–Trinajstić information content (AvgIpc) is 2.53. The maximum atomic E-state index is 13.1. The number of sulfonamides is 1. The summed E-state index contributed by atoms with van der Waals surface area (Å²) in [4.78, 5) is 11.9. The summed E-state index contributed by atoms with van der Waals surface area (Å²) in [5.74, 6) is 4.83. The zero-order chi connectivity index (χ0) is 19.5. The van der Waals surface area contributed by atoms with E-state index in [0.29, 0.717) is 5.75 Å². The molecule has 1 aromatic carbocycles. The number of carboxylic acids is 1. The van der Waals surface area contributed by atoms with Gasteiger partial charge in [-0.1, -0.05) is 12.8 Å². The molecule has 26 heavy (non-hydrogen) atoms. The Morgan fingerprint density at radius 2 is 2.00 bits per heavy atom. The van der Waals surface area contributed by atoms with Crippen LogP contribution in [0.4, 0.5) is 0 Å². The van der Waals surface area contributed by atoms with Crippen molar-refractivity contribution in [1.82, 2.24) is 4.31 Å². The van der Waals surface area contributed by atoms with Gasteiger partial charge in [0.15, 0.2) is 0 Å². The molecule has 1 aliphatic heterocycles. The Hall–Kier alpha value is -1.69. The molecule has 1 saturated heterocycles. The zero-order valence-corrected chi connectivity index (χ0v) is 16.9. The molecule has 0 saturated carbocycles. The fraction of sp³-hybridized carbons (Fsp3) is 0.500. The molecular weight excluding hydrogens is 374 g/mol. The van der Waals surface area contributed by atoms with Gasteiger partial charge in [0.1, 0.15) is 18.4 Å². The maximum Gasteiger partial charge on any atom is 0.323 e. The molecule has 142 valence electrons. The van der Waals surface area contributed by atoms with Crippen molar-refractivity contribution in [2.45, 2.75) is 48.6 Å². The summed E-state index contributed by atoms with van der Waals surface area (Å²) in [6.45, 7) is 7.51. The number of rotatable bonds is 5. The molecule has 0 bridgehead atoms. The van der Waals surface area contributed by atoms with Gasteiger partial charge in [-0.2, -0.15) is 4.31 Å². The average molecular weight is 398 g/mol. The summed E-state index contributed by atoms with van der Waals surface area (Å²) in [7, 11) is -3.95. The van der Waals surface area contributed by atoms with Gasteiger partial charge < -0.3 is 9.84 Å². The van der Waals surface area contributed by atoms with E-state index in [1.165, 1.54) is 23.9 Å². The Kier molecular flexibility index (Phi) is 6.27. The van der Waals surface area contributed by atoms with Crippen LogP contribution in [0.1, 0.15) is 27.7 Å². The van der Waals surface area contributed by atoms with E-state index in [9.17, 15) is 18.3 Å². The number of ether oxygens (including phenoxy) is 1. The summed E-state index contributed by atoms with van der Waals surface area (Å²) in [5.41, 5.74) is 0. The summed E-state index contributed by atoms with van der Waals surface area (Å²) in [6, 6.07) is 4.83. The van der Waals surface area contributed by atoms with Crippen molar-refractivity contribution in [2.75, 3.05) is 13.2 Å². The Morgan fingerprint density at radius 3 is 2.54 bits per heavy atom. The minimum Gasteiger partial charge on any atom is -0.481 e. The minimum absolute atomic E-state index is 0.00870. The highest BCUT2D eigenvalue weighted by Gasteiger charge is 2.50. The molecule has 0 amide bonds. The number of benzene rings is 1. The van der Waals surface area contributed by atoms with Crippen LogP contribution in [-0.2, 0) is 14.8 Å². The van der Waals surface area contributed by atoms with Gasteiger partial charge in [0, 0.05) is 16.5 Å². The van der Waals surface area contributed by atoms with Gasteiger partial charge in [-0.3, -0.25) is 4.79 Å². The molecule has 0 aromatic heterocycles. The fourth-order valence-corrected chi connectivity index (χ4v) is 6.61. The van der Waals surface area contributed by atoms with Crippen molar-refractivity contribution < 1.29 is 23.1 Å². The number of hydrogen-bond acceptors (Lipinski definition) is 5. The molecule has 0 aliphatic carbocycles. The second-order valence-electron chi connectivity index (χ2n) is 6.53. The van der Waals surface area contributed by atoms with Crippen LogP contribution in [-0.4, -0.2) is 53.0 Å². The van der Waals surface area contributed by atoms with Crippen molar-refractivity contribution in [2.24, 2.45) is 0 Å². The SMILES string of the molecule is CC#CCOc1ccc(S(=O)(=O)N2CC(C)SC(C)(C)[C@@H]2C(=O)O)cc1. The quantitative estimate of drug-likeness (QED) is 0.769. The molecule has 1 unspecified atom stereocenters. The van der Waals surface area contributed by atoms with E-state index in [-0.39, 0.29) is 23.3 Å². The standard InChI is InChI=1S/C18H23NO5S2/c1-5-6-11-24-14-7-9-15(10-8-14)26(22,23)19-12-13(2)25-18(3,4)16(19)17(20)21/h7-10,13,16H,11-12H2,1-4H3,(H,20,21)/t13?,16-/m0/s1. The van der Waals surface area contributed by atoms with E-state index in [2.05, 4.69) is 11.8 Å². The lowest BCUT2D eigenvalue weighted by atomic mass is 10.0. The van der Waals surface area contributed by atoms with Crippen LogP contribution in [0.5, 0.6) is 5.75 Å². The molecule has 1 N–H and O–H groups in total. The van der Waals surface area contributed by atoms with Crippen LogP contribution in [0.2, 0.25) is 0 Å². The predicted molar refractivity (Wildman–Crippen MR) is 102 cm³/mol. The second-order valence-corrected chi connectivity index (χ2v) is 10.5. The van der Waals surface area contributed by atoms with E-state index < -0.39 is 26.8 Å². The summed E-state index contributed by atoms with van der Waals surface area (Å²) < 4.78 is 32.0. The number of carbonyl (C=O) groups is 1. The normalized spacial score (nSPS) is 22.9. The Balaban J connectivity index is 2.34. The maximum absolute atomic E-state index is 13.1. The van der Waals surface area contributed by atoms with Gasteiger partial charge in [-0.25, -0.2) is 8.42 Å². The third-order valence-corrected chi connectivity index (χ3v) is 7.27. The van der Waals surface area contributed by atoms with E-state index in [1.807, 2.05) is 6.92 Å². The lowest BCUT2D eigenvalue weighted by Crippen LogP contribution is -2.60. The molecule has 2 atom stereocenters. The lowest BCUT2D eigenvalue weighted by molar-refractivity contribution is -0.142. The minimum atomic E-state index is -3.95. The van der Waals surface area contributed by atoms with Crippen molar-refractivity contribution in [3.63, 3.8) is 0 Å². The third kappa shape index (κ3) is 4.34.